The van der Waals surface area contributed by atoms with Crippen LogP contribution in [0.3, 0.4) is 0 Å². The Morgan fingerprint density at radius 1 is 0.872 bits per heavy atom. The van der Waals surface area contributed by atoms with Crippen LogP contribution >= 0.6 is 0 Å². The Kier molecular flexibility index (Phi) is 9.12. The Bertz CT molecular complexity index is 1420. The van der Waals surface area contributed by atoms with Gasteiger partial charge in [0.25, 0.3) is 11.6 Å². The number of nitrogens with zero attached hydrogens (tertiary/aromatic N) is 2. The molecule has 9 heteroatoms. The average Bonchev–Trinajstić information content (AvgIpc) is 2.97. The number of hydrogen-bond acceptors (Lipinski definition) is 6. The smallest absolute Gasteiger partial charge is 0.269 e. The summed E-state index contributed by atoms with van der Waals surface area (Å²) in [6, 6.07) is 30.9. The molecule has 0 aliphatic heterocycles. The van der Waals surface area contributed by atoms with E-state index in [1.807, 2.05) is 36.4 Å². The molecule has 0 radical (unpaired) electrons. The predicted molar refractivity (Wildman–Crippen MR) is 147 cm³/mol. The number of nitro groups is 1. The van der Waals surface area contributed by atoms with E-state index in [9.17, 15) is 19.7 Å². The lowest BCUT2D eigenvalue weighted by Crippen LogP contribution is -2.32. The molecule has 196 valence electrons. The molecule has 4 aromatic carbocycles. The minimum Gasteiger partial charge on any atom is -0.489 e. The van der Waals surface area contributed by atoms with E-state index in [2.05, 4.69) is 15.8 Å². The van der Waals surface area contributed by atoms with Gasteiger partial charge in [-0.1, -0.05) is 48.5 Å². The molecule has 39 heavy (non-hydrogen) atoms. The molecule has 2 N–H and O–H groups in total. The lowest BCUT2D eigenvalue weighted by Gasteiger charge is -2.18. The fourth-order valence-electron chi connectivity index (χ4n) is 3.71. The zero-order valence-electron chi connectivity index (χ0n) is 20.9. The summed E-state index contributed by atoms with van der Waals surface area (Å²) in [5.74, 6) is 0.00237. The van der Waals surface area contributed by atoms with Crippen LogP contribution in [0.25, 0.3) is 0 Å². The van der Waals surface area contributed by atoms with Gasteiger partial charge in [0.2, 0.25) is 5.91 Å². The number of non-ortho nitro benzene ring substituents is 1. The number of benzene rings is 4. The molecule has 0 saturated heterocycles. The predicted octanol–water partition coefficient (Wildman–Crippen LogP) is 5.19. The first-order valence-corrected chi connectivity index (χ1v) is 12.2. The Hall–Kier alpha value is -5.31. The van der Waals surface area contributed by atoms with E-state index in [1.54, 1.807) is 60.7 Å². The third-order valence-corrected chi connectivity index (χ3v) is 5.77. The molecule has 9 nitrogen and oxygen atoms in total. The van der Waals surface area contributed by atoms with E-state index in [4.69, 9.17) is 4.74 Å². The summed E-state index contributed by atoms with van der Waals surface area (Å²) in [7, 11) is 0. The maximum absolute atomic E-state index is 12.7. The highest BCUT2D eigenvalue weighted by Crippen LogP contribution is 2.18. The molecular weight excluding hydrogens is 496 g/mol. The summed E-state index contributed by atoms with van der Waals surface area (Å²) in [5.41, 5.74) is 5.42. The van der Waals surface area contributed by atoms with E-state index in [1.165, 1.54) is 18.3 Å². The number of rotatable bonds is 11. The van der Waals surface area contributed by atoms with Crippen LogP contribution in [-0.4, -0.2) is 23.0 Å². The zero-order valence-corrected chi connectivity index (χ0v) is 20.9. The standard InChI is InChI=1S/C30H26N4O5/c35-29(19-28(24-7-3-1-4-8-24)32-30(36)25-9-5-2-6-10-25)33-31-20-22-13-17-27(18-14-22)39-21-23-11-15-26(16-12-23)34(37)38/h1-18,20,28H,19,21H2,(H,32,36)(H,33,35)/b31-20-/t28-/m0/s1. The molecule has 0 aliphatic rings. The minimum absolute atomic E-state index is 0.00927. The van der Waals surface area contributed by atoms with Gasteiger partial charge in [0.05, 0.1) is 23.6 Å². The maximum atomic E-state index is 12.7. The van der Waals surface area contributed by atoms with Crippen LogP contribution in [0.4, 0.5) is 5.69 Å². The molecule has 0 unspecified atom stereocenters. The maximum Gasteiger partial charge on any atom is 0.269 e. The number of carbonyl (C=O) groups excluding carboxylic acids is 2. The topological polar surface area (TPSA) is 123 Å². The van der Waals surface area contributed by atoms with Gasteiger partial charge in [0.15, 0.2) is 0 Å². The van der Waals surface area contributed by atoms with Gasteiger partial charge in [-0.3, -0.25) is 19.7 Å². The van der Waals surface area contributed by atoms with Gasteiger partial charge in [-0.25, -0.2) is 5.43 Å². The molecule has 0 aliphatic carbocycles. The summed E-state index contributed by atoms with van der Waals surface area (Å²) in [5, 5.41) is 17.7. The molecule has 4 aromatic rings. The molecule has 0 heterocycles. The normalized spacial score (nSPS) is 11.5. The Morgan fingerprint density at radius 3 is 2.15 bits per heavy atom. The van der Waals surface area contributed by atoms with Crippen molar-refractivity contribution in [2.45, 2.75) is 19.1 Å². The van der Waals surface area contributed by atoms with Crippen molar-refractivity contribution >= 4 is 23.7 Å². The molecule has 0 spiro atoms. The largest absolute Gasteiger partial charge is 0.489 e. The number of nitro benzene ring substituents is 1. The number of amides is 2. The second-order valence-electron chi connectivity index (χ2n) is 8.58. The van der Waals surface area contributed by atoms with Gasteiger partial charge in [0, 0.05) is 17.7 Å². The molecule has 0 bridgehead atoms. The van der Waals surface area contributed by atoms with E-state index >= 15 is 0 Å². The van der Waals surface area contributed by atoms with Crippen LogP contribution in [0.15, 0.2) is 114 Å². The quantitative estimate of drug-likeness (QED) is 0.160. The van der Waals surface area contributed by atoms with Gasteiger partial charge in [0.1, 0.15) is 12.4 Å². The molecule has 2 amide bonds. The average molecular weight is 523 g/mol. The van der Waals surface area contributed by atoms with Crippen molar-refractivity contribution in [3.63, 3.8) is 0 Å². The van der Waals surface area contributed by atoms with Crippen LogP contribution < -0.4 is 15.5 Å². The summed E-state index contributed by atoms with van der Waals surface area (Å²) < 4.78 is 5.72. The zero-order chi connectivity index (χ0) is 27.5. The van der Waals surface area contributed by atoms with Crippen LogP contribution in [-0.2, 0) is 11.4 Å². The number of ether oxygens (including phenoxy) is 1. The summed E-state index contributed by atoms with van der Waals surface area (Å²) in [6.07, 6.45) is 1.52. The monoisotopic (exact) mass is 522 g/mol. The highest BCUT2D eigenvalue weighted by atomic mass is 16.6. The van der Waals surface area contributed by atoms with Crippen molar-refractivity contribution in [3.8, 4) is 5.75 Å². The number of hydrogen-bond donors (Lipinski definition) is 2. The van der Waals surface area contributed by atoms with Crippen molar-refractivity contribution in [1.82, 2.24) is 10.7 Å². The number of carbonyl (C=O) groups is 2. The third-order valence-electron chi connectivity index (χ3n) is 5.77. The lowest BCUT2D eigenvalue weighted by molar-refractivity contribution is -0.384. The van der Waals surface area contributed by atoms with Gasteiger partial charge in [-0.15, -0.1) is 0 Å². The van der Waals surface area contributed by atoms with Gasteiger partial charge < -0.3 is 10.1 Å². The second-order valence-corrected chi connectivity index (χ2v) is 8.58. The van der Waals surface area contributed by atoms with Gasteiger partial charge >= 0.3 is 0 Å². The summed E-state index contributed by atoms with van der Waals surface area (Å²) >= 11 is 0. The van der Waals surface area contributed by atoms with Crippen LogP contribution in [0.1, 0.15) is 39.5 Å². The van der Waals surface area contributed by atoms with Crippen LogP contribution in [0, 0.1) is 10.1 Å². The van der Waals surface area contributed by atoms with Crippen molar-refractivity contribution < 1.29 is 19.2 Å². The van der Waals surface area contributed by atoms with E-state index in [-0.39, 0.29) is 30.5 Å². The first-order chi connectivity index (χ1) is 19.0. The molecule has 0 fully saturated rings. The van der Waals surface area contributed by atoms with E-state index in [0.29, 0.717) is 11.3 Å². The van der Waals surface area contributed by atoms with Crippen LogP contribution in [0.5, 0.6) is 5.75 Å². The van der Waals surface area contributed by atoms with Crippen molar-refractivity contribution in [1.29, 1.82) is 0 Å². The molecule has 0 saturated carbocycles. The highest BCUT2D eigenvalue weighted by molar-refractivity contribution is 5.94. The molecular formula is C30H26N4O5. The molecule has 4 rings (SSSR count). The van der Waals surface area contributed by atoms with Gasteiger partial charge in [-0.2, -0.15) is 5.10 Å². The Labute approximate surface area is 225 Å². The first-order valence-electron chi connectivity index (χ1n) is 12.2. The summed E-state index contributed by atoms with van der Waals surface area (Å²) in [6.45, 7) is 0.269. The summed E-state index contributed by atoms with van der Waals surface area (Å²) in [4.78, 5) is 35.6. The number of nitrogens with one attached hydrogen (secondary N) is 2. The van der Waals surface area contributed by atoms with Crippen LogP contribution in [0.2, 0.25) is 0 Å². The van der Waals surface area contributed by atoms with E-state index in [0.717, 1.165) is 16.7 Å². The highest BCUT2D eigenvalue weighted by Gasteiger charge is 2.19. The van der Waals surface area contributed by atoms with Crippen molar-refractivity contribution in [2.24, 2.45) is 5.10 Å². The fraction of sp³-hybridized carbons (Fsp3) is 0.100. The first kappa shape index (κ1) is 26.7. The minimum atomic E-state index is -0.527. The Morgan fingerprint density at radius 2 is 1.51 bits per heavy atom. The van der Waals surface area contributed by atoms with Gasteiger partial charge in [-0.05, 0) is 65.2 Å². The SMILES string of the molecule is O=C(C[C@H](NC(=O)c1ccccc1)c1ccccc1)N/N=C\c1ccc(OCc2ccc([N+](=O)[O-])cc2)cc1. The molecule has 1 atom stereocenters. The second kappa shape index (κ2) is 13.3. The fourth-order valence-corrected chi connectivity index (χ4v) is 3.71. The van der Waals surface area contributed by atoms with Crippen molar-refractivity contribution in [3.05, 3.63) is 142 Å². The third kappa shape index (κ3) is 8.09. The lowest BCUT2D eigenvalue weighted by atomic mass is 10.0. The number of hydrazone groups is 1. The van der Waals surface area contributed by atoms with Crippen molar-refractivity contribution in [2.75, 3.05) is 0 Å². The van der Waals surface area contributed by atoms with E-state index < -0.39 is 11.0 Å². The Balaban J connectivity index is 1.29. The molecule has 0 aromatic heterocycles.